The third kappa shape index (κ3) is 6.83. The van der Waals surface area contributed by atoms with E-state index in [9.17, 15) is 19.5 Å². The lowest BCUT2D eigenvalue weighted by molar-refractivity contribution is -0.146. The zero-order valence-corrected chi connectivity index (χ0v) is 16.8. The first kappa shape index (κ1) is 22.8. The highest BCUT2D eigenvalue weighted by molar-refractivity contribution is 5.92. The van der Waals surface area contributed by atoms with Crippen LogP contribution in [0.2, 0.25) is 0 Å². The number of carbonyl (C=O) groups is 3. The van der Waals surface area contributed by atoms with Gasteiger partial charge in [0.25, 0.3) is 0 Å². The molecule has 1 aliphatic heterocycles. The third-order valence-corrected chi connectivity index (χ3v) is 5.27. The summed E-state index contributed by atoms with van der Waals surface area (Å²) in [5, 5.41) is 12.0. The van der Waals surface area contributed by atoms with Crippen molar-refractivity contribution in [3.63, 3.8) is 0 Å². The molecule has 1 aromatic rings. The van der Waals surface area contributed by atoms with Crippen molar-refractivity contribution in [2.75, 3.05) is 13.1 Å². The molecule has 29 heavy (non-hydrogen) atoms. The zero-order chi connectivity index (χ0) is 21.2. The lowest BCUT2D eigenvalue weighted by atomic mass is 9.98. The number of benzene rings is 1. The van der Waals surface area contributed by atoms with Crippen LogP contribution in [0.25, 0.3) is 0 Å². The summed E-state index contributed by atoms with van der Waals surface area (Å²) in [6.45, 7) is 0.925. The van der Waals surface area contributed by atoms with Gasteiger partial charge in [0.15, 0.2) is 0 Å². The first-order valence-corrected chi connectivity index (χ1v) is 10.3. The first-order valence-electron chi connectivity index (χ1n) is 10.3. The number of carboxylic acid groups (broad SMARTS) is 1. The van der Waals surface area contributed by atoms with Crippen LogP contribution in [0, 0.1) is 0 Å². The van der Waals surface area contributed by atoms with Gasteiger partial charge in [0, 0.05) is 6.54 Å². The van der Waals surface area contributed by atoms with E-state index in [1.165, 1.54) is 4.90 Å². The molecular weight excluding hydrogens is 372 g/mol. The van der Waals surface area contributed by atoms with Crippen molar-refractivity contribution in [3.8, 4) is 0 Å². The normalized spacial score (nSPS) is 18.7. The van der Waals surface area contributed by atoms with Gasteiger partial charge in [-0.05, 0) is 57.1 Å². The molecule has 8 heteroatoms. The molecule has 8 nitrogen and oxygen atoms in total. The van der Waals surface area contributed by atoms with E-state index >= 15 is 0 Å². The molecule has 0 aliphatic carbocycles. The Bertz CT molecular complexity index is 683. The molecule has 1 aromatic carbocycles. The summed E-state index contributed by atoms with van der Waals surface area (Å²) in [7, 11) is 0. The van der Waals surface area contributed by atoms with Gasteiger partial charge in [-0.1, -0.05) is 30.3 Å². The van der Waals surface area contributed by atoms with Crippen molar-refractivity contribution in [2.45, 2.75) is 63.1 Å². The van der Waals surface area contributed by atoms with Crippen LogP contribution in [-0.4, -0.2) is 59.0 Å². The Morgan fingerprint density at radius 1 is 1.17 bits per heavy atom. The first-order chi connectivity index (χ1) is 13.9. The quantitative estimate of drug-likeness (QED) is 0.422. The molecule has 0 spiro atoms. The number of nitrogens with zero attached hydrogens (tertiary/aromatic N) is 1. The molecule has 6 N–H and O–H groups in total. The van der Waals surface area contributed by atoms with Gasteiger partial charge in [0.2, 0.25) is 11.8 Å². The van der Waals surface area contributed by atoms with Crippen LogP contribution >= 0.6 is 0 Å². The van der Waals surface area contributed by atoms with E-state index in [1.807, 2.05) is 30.3 Å². The Morgan fingerprint density at radius 2 is 1.90 bits per heavy atom. The predicted octanol–water partition coefficient (Wildman–Crippen LogP) is 0.636. The van der Waals surface area contributed by atoms with Gasteiger partial charge in [-0.2, -0.15) is 0 Å². The number of carboxylic acids is 1. The van der Waals surface area contributed by atoms with Gasteiger partial charge >= 0.3 is 5.97 Å². The number of unbranched alkanes of at least 4 members (excludes halogenated alkanes) is 1. The number of nitrogens with one attached hydrogen (secondary N) is 1. The van der Waals surface area contributed by atoms with Crippen molar-refractivity contribution in [2.24, 2.45) is 11.5 Å². The Hall–Kier alpha value is -2.45. The number of piperidine rings is 1. The van der Waals surface area contributed by atoms with Crippen LogP contribution in [0.4, 0.5) is 0 Å². The molecule has 1 fully saturated rings. The molecule has 1 saturated heterocycles. The van der Waals surface area contributed by atoms with Gasteiger partial charge in [0.1, 0.15) is 12.1 Å². The summed E-state index contributed by atoms with van der Waals surface area (Å²) in [5.41, 5.74) is 12.6. The predicted molar refractivity (Wildman–Crippen MR) is 110 cm³/mol. The van der Waals surface area contributed by atoms with Crippen LogP contribution in [0.5, 0.6) is 0 Å². The number of hydrogen-bond acceptors (Lipinski definition) is 5. The largest absolute Gasteiger partial charge is 0.480 e. The maximum atomic E-state index is 12.9. The second-order valence-corrected chi connectivity index (χ2v) is 7.52. The van der Waals surface area contributed by atoms with Crippen LogP contribution in [0.15, 0.2) is 30.3 Å². The van der Waals surface area contributed by atoms with E-state index in [0.717, 1.165) is 18.4 Å². The van der Waals surface area contributed by atoms with E-state index in [0.29, 0.717) is 45.2 Å². The number of hydrogen-bond donors (Lipinski definition) is 4. The highest BCUT2D eigenvalue weighted by Crippen LogP contribution is 2.19. The molecular formula is C21H32N4O4. The van der Waals surface area contributed by atoms with Crippen molar-refractivity contribution >= 4 is 17.8 Å². The Labute approximate surface area is 171 Å². The second kappa shape index (κ2) is 11.5. The lowest BCUT2D eigenvalue weighted by Gasteiger charge is -2.36. The zero-order valence-electron chi connectivity index (χ0n) is 16.8. The maximum absolute atomic E-state index is 12.9. The second-order valence-electron chi connectivity index (χ2n) is 7.52. The fourth-order valence-electron chi connectivity index (χ4n) is 3.65. The number of rotatable bonds is 10. The highest BCUT2D eigenvalue weighted by atomic mass is 16.4. The van der Waals surface area contributed by atoms with Crippen LogP contribution in [-0.2, 0) is 20.8 Å². The lowest BCUT2D eigenvalue weighted by Crippen LogP contribution is -2.58. The summed E-state index contributed by atoms with van der Waals surface area (Å²) in [6, 6.07) is 7.08. The SMILES string of the molecule is NCCCC[C@H](NC(=O)[C@@H]1CCCCN1C(=O)[C@H](N)Cc1ccccc1)C(=O)O. The summed E-state index contributed by atoms with van der Waals surface area (Å²) in [6.07, 6.45) is 4.12. The number of likely N-dealkylation sites (tertiary alicyclic amines) is 1. The molecule has 2 rings (SSSR count). The van der Waals surface area contributed by atoms with Gasteiger partial charge in [0.05, 0.1) is 6.04 Å². The molecule has 160 valence electrons. The summed E-state index contributed by atoms with van der Waals surface area (Å²) in [4.78, 5) is 38.8. The summed E-state index contributed by atoms with van der Waals surface area (Å²) >= 11 is 0. The topological polar surface area (TPSA) is 139 Å². The van der Waals surface area contributed by atoms with Crippen molar-refractivity contribution in [3.05, 3.63) is 35.9 Å². The Morgan fingerprint density at radius 3 is 2.55 bits per heavy atom. The van der Waals surface area contributed by atoms with Gasteiger partial charge in [-0.25, -0.2) is 4.79 Å². The molecule has 0 bridgehead atoms. The van der Waals surface area contributed by atoms with E-state index < -0.39 is 30.0 Å². The number of aliphatic carboxylic acids is 1. The van der Waals surface area contributed by atoms with Gasteiger partial charge in [-0.3, -0.25) is 9.59 Å². The van der Waals surface area contributed by atoms with E-state index in [2.05, 4.69) is 5.32 Å². The number of amides is 2. The number of carbonyl (C=O) groups excluding carboxylic acids is 2. The fourth-order valence-corrected chi connectivity index (χ4v) is 3.65. The molecule has 1 heterocycles. The monoisotopic (exact) mass is 404 g/mol. The number of nitrogens with two attached hydrogens (primary N) is 2. The summed E-state index contributed by atoms with van der Waals surface area (Å²) in [5.74, 6) is -1.78. The molecule has 0 radical (unpaired) electrons. The maximum Gasteiger partial charge on any atom is 0.326 e. The fraction of sp³-hybridized carbons (Fsp3) is 0.571. The Balaban J connectivity index is 2.02. The average Bonchev–Trinajstić information content (AvgIpc) is 2.73. The molecule has 0 unspecified atom stereocenters. The smallest absolute Gasteiger partial charge is 0.326 e. The van der Waals surface area contributed by atoms with E-state index in [-0.39, 0.29) is 5.91 Å². The van der Waals surface area contributed by atoms with Crippen molar-refractivity contribution in [1.29, 1.82) is 0 Å². The summed E-state index contributed by atoms with van der Waals surface area (Å²) < 4.78 is 0. The third-order valence-electron chi connectivity index (χ3n) is 5.27. The van der Waals surface area contributed by atoms with E-state index in [4.69, 9.17) is 11.5 Å². The molecule has 3 atom stereocenters. The molecule has 0 saturated carbocycles. The minimum absolute atomic E-state index is 0.274. The van der Waals surface area contributed by atoms with Gasteiger partial charge in [-0.15, -0.1) is 0 Å². The molecule has 0 aromatic heterocycles. The minimum atomic E-state index is -1.08. The van der Waals surface area contributed by atoms with E-state index in [1.54, 1.807) is 0 Å². The molecule has 1 aliphatic rings. The van der Waals surface area contributed by atoms with Crippen molar-refractivity contribution in [1.82, 2.24) is 10.2 Å². The van der Waals surface area contributed by atoms with Crippen LogP contribution < -0.4 is 16.8 Å². The van der Waals surface area contributed by atoms with Crippen molar-refractivity contribution < 1.29 is 19.5 Å². The van der Waals surface area contributed by atoms with Gasteiger partial charge < -0.3 is 26.8 Å². The molecule has 2 amide bonds. The standard InChI is InChI=1S/C21H32N4O4/c22-12-6-4-10-17(21(28)29)24-19(26)18-11-5-7-13-25(18)20(27)16(23)14-15-8-2-1-3-9-15/h1-3,8-9,16-18H,4-7,10-14,22-23H2,(H,24,26)(H,28,29)/t16-,17+,18+/m1/s1. The average molecular weight is 405 g/mol. The minimum Gasteiger partial charge on any atom is -0.480 e. The Kier molecular flexibility index (Phi) is 9.08. The van der Waals surface area contributed by atoms with Crippen LogP contribution in [0.3, 0.4) is 0 Å². The van der Waals surface area contributed by atoms with Crippen LogP contribution in [0.1, 0.15) is 44.1 Å². The highest BCUT2D eigenvalue weighted by Gasteiger charge is 2.35.